The molecule has 8 heteroatoms. The minimum Gasteiger partial charge on any atom is -0.469 e. The van der Waals surface area contributed by atoms with Crippen molar-refractivity contribution in [3.63, 3.8) is 0 Å². The van der Waals surface area contributed by atoms with Gasteiger partial charge in [0.05, 0.1) is 12.5 Å². The van der Waals surface area contributed by atoms with Gasteiger partial charge in [-0.25, -0.2) is 14.6 Å². The monoisotopic (exact) mass is 328 g/mol. The number of nitrogen functional groups attached to an aromatic ring is 1. The zero-order valence-corrected chi connectivity index (χ0v) is 13.6. The number of esters is 1. The molecule has 1 aliphatic heterocycles. The summed E-state index contributed by atoms with van der Waals surface area (Å²) < 4.78 is 6.71. The summed E-state index contributed by atoms with van der Waals surface area (Å²) in [7, 11) is 1.46. The highest BCUT2D eigenvalue weighted by Crippen LogP contribution is 2.50. The average Bonchev–Trinajstić information content (AvgIpc) is 3.29. The van der Waals surface area contributed by atoms with Crippen LogP contribution in [0.15, 0.2) is 24.8 Å². The van der Waals surface area contributed by atoms with Crippen molar-refractivity contribution in [3.05, 3.63) is 24.8 Å². The van der Waals surface area contributed by atoms with E-state index in [1.54, 1.807) is 17.1 Å². The first-order chi connectivity index (χ1) is 11.7. The number of anilines is 2. The minimum atomic E-state index is -0.433. The van der Waals surface area contributed by atoms with Gasteiger partial charge in [0.15, 0.2) is 11.6 Å². The molecule has 1 saturated heterocycles. The lowest BCUT2D eigenvalue weighted by atomic mass is 9.81. The molecule has 0 radical (unpaired) electrons. The van der Waals surface area contributed by atoms with E-state index in [2.05, 4.69) is 20.0 Å². The Morgan fingerprint density at radius 3 is 3.00 bits per heavy atom. The molecule has 2 fully saturated rings. The molecule has 2 aliphatic rings. The van der Waals surface area contributed by atoms with Crippen LogP contribution in [0, 0.1) is 11.3 Å². The van der Waals surface area contributed by atoms with Crippen LogP contribution in [-0.4, -0.2) is 45.9 Å². The van der Waals surface area contributed by atoms with Crippen molar-refractivity contribution in [2.24, 2.45) is 11.3 Å². The molecule has 126 valence electrons. The molecule has 0 amide bonds. The molecule has 1 saturated carbocycles. The predicted molar refractivity (Wildman–Crippen MR) is 87.6 cm³/mol. The number of carbonyl (C=O) groups is 1. The highest BCUT2D eigenvalue weighted by atomic mass is 16.5. The van der Waals surface area contributed by atoms with E-state index in [-0.39, 0.29) is 11.9 Å². The number of hydrogen-bond donors (Lipinski definition) is 1. The van der Waals surface area contributed by atoms with Crippen LogP contribution in [0.3, 0.4) is 0 Å². The van der Waals surface area contributed by atoms with Crippen LogP contribution in [0.25, 0.3) is 5.82 Å². The van der Waals surface area contributed by atoms with E-state index >= 15 is 0 Å². The van der Waals surface area contributed by atoms with Crippen molar-refractivity contribution in [1.82, 2.24) is 19.7 Å². The predicted octanol–water partition coefficient (Wildman–Crippen LogP) is 1.02. The third-order valence-corrected chi connectivity index (χ3v) is 5.33. The second kappa shape index (κ2) is 5.47. The molecular weight excluding hydrogens is 308 g/mol. The SMILES string of the molecule is COC(=O)C12CCCC1CN(c1ncnc(-n3cccn3)c1N)C2. The molecule has 2 unspecified atom stereocenters. The van der Waals surface area contributed by atoms with Gasteiger partial charge in [-0.1, -0.05) is 6.42 Å². The molecule has 2 atom stereocenters. The molecule has 3 heterocycles. The van der Waals surface area contributed by atoms with Gasteiger partial charge in [0.2, 0.25) is 0 Å². The van der Waals surface area contributed by atoms with Gasteiger partial charge in [-0.3, -0.25) is 4.79 Å². The zero-order valence-electron chi connectivity index (χ0n) is 13.6. The molecule has 2 aromatic rings. The maximum atomic E-state index is 12.4. The summed E-state index contributed by atoms with van der Waals surface area (Å²) in [5, 5.41) is 4.18. The fourth-order valence-electron chi connectivity index (χ4n) is 4.19. The van der Waals surface area contributed by atoms with Gasteiger partial charge in [-0.2, -0.15) is 5.10 Å². The first-order valence-electron chi connectivity index (χ1n) is 8.09. The van der Waals surface area contributed by atoms with Gasteiger partial charge in [-0.05, 0) is 24.8 Å². The van der Waals surface area contributed by atoms with E-state index in [0.717, 1.165) is 25.8 Å². The molecule has 2 N–H and O–H groups in total. The number of rotatable bonds is 3. The molecule has 8 nitrogen and oxygen atoms in total. The lowest BCUT2D eigenvalue weighted by molar-refractivity contribution is -0.152. The Hall–Kier alpha value is -2.64. The van der Waals surface area contributed by atoms with E-state index in [9.17, 15) is 4.79 Å². The molecule has 0 aromatic carbocycles. The fourth-order valence-corrected chi connectivity index (χ4v) is 4.19. The summed E-state index contributed by atoms with van der Waals surface area (Å²) in [5.74, 6) is 1.38. The highest BCUT2D eigenvalue weighted by molar-refractivity contribution is 5.81. The topological polar surface area (TPSA) is 99.2 Å². The van der Waals surface area contributed by atoms with Crippen molar-refractivity contribution in [3.8, 4) is 5.82 Å². The number of fused-ring (bicyclic) bond motifs is 1. The van der Waals surface area contributed by atoms with Crippen LogP contribution in [0.2, 0.25) is 0 Å². The van der Waals surface area contributed by atoms with Gasteiger partial charge in [0.25, 0.3) is 0 Å². The first-order valence-corrected chi connectivity index (χ1v) is 8.09. The zero-order chi connectivity index (χ0) is 16.7. The standard InChI is InChI=1S/C16H20N6O2/c1-24-15(23)16-5-2-4-11(16)8-21(9-16)13-12(17)14(19-10-18-13)22-7-3-6-20-22/h3,6-7,10-11H,2,4-5,8-9,17H2,1H3. The maximum Gasteiger partial charge on any atom is 0.313 e. The Morgan fingerprint density at radius 2 is 2.25 bits per heavy atom. The molecule has 2 aromatic heterocycles. The Morgan fingerprint density at radius 1 is 1.42 bits per heavy atom. The summed E-state index contributed by atoms with van der Waals surface area (Å²) in [5.41, 5.74) is 6.35. The van der Waals surface area contributed by atoms with Crippen molar-refractivity contribution >= 4 is 17.5 Å². The van der Waals surface area contributed by atoms with Crippen LogP contribution in [0.4, 0.5) is 11.5 Å². The number of nitrogens with two attached hydrogens (primary N) is 1. The van der Waals surface area contributed by atoms with Crippen LogP contribution in [0.1, 0.15) is 19.3 Å². The molecule has 0 spiro atoms. The number of methoxy groups -OCH3 is 1. The number of hydrogen-bond acceptors (Lipinski definition) is 7. The molecule has 4 rings (SSSR count). The Kier molecular flexibility index (Phi) is 3.40. The number of nitrogens with zero attached hydrogens (tertiary/aromatic N) is 5. The minimum absolute atomic E-state index is 0.118. The second-order valence-corrected chi connectivity index (χ2v) is 6.50. The lowest BCUT2D eigenvalue weighted by Crippen LogP contribution is -2.37. The van der Waals surface area contributed by atoms with E-state index in [0.29, 0.717) is 23.9 Å². The van der Waals surface area contributed by atoms with Crippen molar-refractivity contribution < 1.29 is 9.53 Å². The second-order valence-electron chi connectivity index (χ2n) is 6.50. The maximum absolute atomic E-state index is 12.4. The van der Waals surface area contributed by atoms with Crippen molar-refractivity contribution in [2.45, 2.75) is 19.3 Å². The third-order valence-electron chi connectivity index (χ3n) is 5.33. The summed E-state index contributed by atoms with van der Waals surface area (Å²) >= 11 is 0. The smallest absolute Gasteiger partial charge is 0.313 e. The van der Waals surface area contributed by atoms with E-state index in [1.807, 2.05) is 6.07 Å². The molecular formula is C16H20N6O2. The van der Waals surface area contributed by atoms with Crippen LogP contribution in [0.5, 0.6) is 0 Å². The summed E-state index contributed by atoms with van der Waals surface area (Å²) in [6, 6.07) is 1.81. The number of aromatic nitrogens is 4. The third kappa shape index (κ3) is 2.05. The summed E-state index contributed by atoms with van der Waals surface area (Å²) in [6.45, 7) is 1.35. The fraction of sp³-hybridized carbons (Fsp3) is 0.500. The van der Waals surface area contributed by atoms with Gasteiger partial charge in [-0.15, -0.1) is 0 Å². The van der Waals surface area contributed by atoms with Crippen molar-refractivity contribution in [1.29, 1.82) is 0 Å². The van der Waals surface area contributed by atoms with Crippen LogP contribution >= 0.6 is 0 Å². The number of carbonyl (C=O) groups excluding carboxylic acids is 1. The Bertz CT molecular complexity index is 762. The normalized spacial score (nSPS) is 25.7. The Labute approximate surface area is 139 Å². The molecule has 24 heavy (non-hydrogen) atoms. The van der Waals surface area contributed by atoms with Gasteiger partial charge in [0.1, 0.15) is 12.0 Å². The van der Waals surface area contributed by atoms with Crippen LogP contribution < -0.4 is 10.6 Å². The quantitative estimate of drug-likeness (QED) is 0.840. The first kappa shape index (κ1) is 14.9. The summed E-state index contributed by atoms with van der Waals surface area (Å²) in [4.78, 5) is 23.1. The largest absolute Gasteiger partial charge is 0.469 e. The number of ether oxygens (including phenoxy) is 1. The van der Waals surface area contributed by atoms with E-state index in [4.69, 9.17) is 10.5 Å². The van der Waals surface area contributed by atoms with Crippen LogP contribution in [-0.2, 0) is 9.53 Å². The van der Waals surface area contributed by atoms with Gasteiger partial charge < -0.3 is 15.4 Å². The van der Waals surface area contributed by atoms with E-state index < -0.39 is 5.41 Å². The average molecular weight is 328 g/mol. The van der Waals surface area contributed by atoms with Crippen molar-refractivity contribution in [2.75, 3.05) is 30.8 Å². The van der Waals surface area contributed by atoms with Gasteiger partial charge >= 0.3 is 5.97 Å². The molecule has 0 bridgehead atoms. The Balaban J connectivity index is 1.69. The van der Waals surface area contributed by atoms with E-state index in [1.165, 1.54) is 13.4 Å². The lowest BCUT2D eigenvalue weighted by Gasteiger charge is -2.26. The highest BCUT2D eigenvalue weighted by Gasteiger charge is 2.56. The van der Waals surface area contributed by atoms with Gasteiger partial charge in [0, 0.05) is 25.5 Å². The molecule has 1 aliphatic carbocycles. The summed E-state index contributed by atoms with van der Waals surface area (Å²) in [6.07, 6.45) is 7.90.